The first kappa shape index (κ1) is 14.0. The van der Waals surface area contributed by atoms with Crippen LogP contribution >= 0.6 is 0 Å². The van der Waals surface area contributed by atoms with Gasteiger partial charge in [-0.1, -0.05) is 0 Å². The molecule has 4 rings (SSSR count). The predicted molar refractivity (Wildman–Crippen MR) is 74.9 cm³/mol. The number of nitrogens with zero attached hydrogens (tertiary/aromatic N) is 4. The number of carbonyl (C=O) groups is 1. The molecule has 0 aliphatic heterocycles. The molecule has 1 aliphatic rings. The van der Waals surface area contributed by atoms with Crippen molar-refractivity contribution in [2.24, 2.45) is 5.92 Å². The van der Waals surface area contributed by atoms with Gasteiger partial charge in [-0.15, -0.1) is 5.10 Å². The molecular weight excluding hydrogens is 306 g/mol. The molecule has 3 aromatic rings. The SMILES string of the molecule is O=C(Cc1cc2nc(C(F)F)nn2c(-c2ccco2)n1)C1CC1. The zero-order valence-electron chi connectivity index (χ0n) is 11.9. The van der Waals surface area contributed by atoms with Crippen LogP contribution in [0, 0.1) is 5.92 Å². The zero-order valence-corrected chi connectivity index (χ0v) is 11.9. The van der Waals surface area contributed by atoms with Crippen LogP contribution in [0.25, 0.3) is 17.2 Å². The highest BCUT2D eigenvalue weighted by atomic mass is 19.3. The van der Waals surface area contributed by atoms with Crippen molar-refractivity contribution in [2.75, 3.05) is 0 Å². The first-order valence-electron chi connectivity index (χ1n) is 7.23. The molecule has 0 radical (unpaired) electrons. The van der Waals surface area contributed by atoms with Crippen LogP contribution in [0.3, 0.4) is 0 Å². The van der Waals surface area contributed by atoms with E-state index in [-0.39, 0.29) is 29.6 Å². The number of ketones is 1. The van der Waals surface area contributed by atoms with Crippen molar-refractivity contribution in [3.8, 4) is 11.6 Å². The highest BCUT2D eigenvalue weighted by molar-refractivity contribution is 5.85. The molecule has 0 N–H and O–H groups in total. The second kappa shape index (κ2) is 5.22. The average molecular weight is 318 g/mol. The number of hydrogen-bond acceptors (Lipinski definition) is 5. The van der Waals surface area contributed by atoms with Crippen LogP contribution in [0.15, 0.2) is 28.9 Å². The summed E-state index contributed by atoms with van der Waals surface area (Å²) in [5.74, 6) is 0.271. The minimum Gasteiger partial charge on any atom is -0.461 e. The normalized spacial score (nSPS) is 14.7. The lowest BCUT2D eigenvalue weighted by Crippen LogP contribution is -2.09. The highest BCUT2D eigenvalue weighted by Crippen LogP contribution is 2.31. The maximum Gasteiger partial charge on any atom is 0.299 e. The van der Waals surface area contributed by atoms with Gasteiger partial charge in [0.2, 0.25) is 5.82 Å². The molecule has 0 atom stereocenters. The maximum absolute atomic E-state index is 12.9. The smallest absolute Gasteiger partial charge is 0.299 e. The van der Waals surface area contributed by atoms with Gasteiger partial charge >= 0.3 is 0 Å². The van der Waals surface area contributed by atoms with E-state index in [9.17, 15) is 13.6 Å². The van der Waals surface area contributed by atoms with Gasteiger partial charge < -0.3 is 4.42 Å². The lowest BCUT2D eigenvalue weighted by atomic mass is 10.1. The van der Waals surface area contributed by atoms with Gasteiger partial charge in [0.15, 0.2) is 17.2 Å². The molecule has 0 saturated heterocycles. The zero-order chi connectivity index (χ0) is 16.0. The Morgan fingerprint density at radius 3 is 2.87 bits per heavy atom. The molecule has 1 saturated carbocycles. The Hall–Kier alpha value is -2.64. The Bertz CT molecular complexity index is 869. The number of aromatic nitrogens is 4. The molecule has 0 spiro atoms. The molecule has 6 nitrogen and oxygen atoms in total. The van der Waals surface area contributed by atoms with Crippen LogP contribution in [-0.2, 0) is 11.2 Å². The van der Waals surface area contributed by atoms with Crippen LogP contribution in [0.4, 0.5) is 8.78 Å². The van der Waals surface area contributed by atoms with E-state index >= 15 is 0 Å². The quantitative estimate of drug-likeness (QED) is 0.723. The number of hydrogen-bond donors (Lipinski definition) is 0. The summed E-state index contributed by atoms with van der Waals surface area (Å²) in [6.07, 6.45) is 0.650. The molecule has 118 valence electrons. The van der Waals surface area contributed by atoms with Gasteiger partial charge in [-0.3, -0.25) is 4.79 Å². The molecular formula is C15H12F2N4O2. The Labute approximate surface area is 129 Å². The van der Waals surface area contributed by atoms with Gasteiger partial charge in [-0.2, -0.15) is 4.52 Å². The van der Waals surface area contributed by atoms with E-state index in [0.29, 0.717) is 11.5 Å². The fourth-order valence-electron chi connectivity index (χ4n) is 2.43. The van der Waals surface area contributed by atoms with Gasteiger partial charge in [-0.05, 0) is 25.0 Å². The Morgan fingerprint density at radius 1 is 1.39 bits per heavy atom. The number of alkyl halides is 2. The summed E-state index contributed by atoms with van der Waals surface area (Å²) < 4.78 is 32.2. The second-order valence-corrected chi connectivity index (χ2v) is 5.51. The van der Waals surface area contributed by atoms with E-state index in [1.807, 2.05) is 0 Å². The van der Waals surface area contributed by atoms with Crippen LogP contribution in [0.1, 0.15) is 30.8 Å². The van der Waals surface area contributed by atoms with Crippen molar-refractivity contribution in [3.63, 3.8) is 0 Å². The second-order valence-electron chi connectivity index (χ2n) is 5.51. The van der Waals surface area contributed by atoms with Gasteiger partial charge in [0.05, 0.1) is 12.0 Å². The largest absolute Gasteiger partial charge is 0.461 e. The van der Waals surface area contributed by atoms with Crippen LogP contribution in [0.2, 0.25) is 0 Å². The fraction of sp³-hybridized carbons (Fsp3) is 0.333. The summed E-state index contributed by atoms with van der Waals surface area (Å²) in [5, 5.41) is 3.78. The molecule has 8 heteroatoms. The third-order valence-electron chi connectivity index (χ3n) is 3.72. The summed E-state index contributed by atoms with van der Waals surface area (Å²) in [7, 11) is 0. The summed E-state index contributed by atoms with van der Waals surface area (Å²) in [5.41, 5.74) is 0.703. The van der Waals surface area contributed by atoms with Crippen molar-refractivity contribution < 1.29 is 18.0 Å². The van der Waals surface area contributed by atoms with Gasteiger partial charge in [0, 0.05) is 18.4 Å². The molecule has 1 aliphatic carbocycles. The Kier molecular flexibility index (Phi) is 3.17. The van der Waals surface area contributed by atoms with Crippen molar-refractivity contribution in [3.05, 3.63) is 36.0 Å². The van der Waals surface area contributed by atoms with Crippen LogP contribution in [-0.4, -0.2) is 25.4 Å². The van der Waals surface area contributed by atoms with Crippen molar-refractivity contribution in [2.45, 2.75) is 25.7 Å². The average Bonchev–Trinajstić information content (AvgIpc) is 3.07. The summed E-state index contributed by atoms with van der Waals surface area (Å²) in [4.78, 5) is 20.2. The number of rotatable bonds is 5. The number of furan rings is 1. The topological polar surface area (TPSA) is 73.3 Å². The van der Waals surface area contributed by atoms with Crippen molar-refractivity contribution in [1.29, 1.82) is 0 Å². The lowest BCUT2D eigenvalue weighted by molar-refractivity contribution is -0.119. The summed E-state index contributed by atoms with van der Waals surface area (Å²) >= 11 is 0. The minimum absolute atomic E-state index is 0.106. The Balaban J connectivity index is 1.83. The third-order valence-corrected chi connectivity index (χ3v) is 3.72. The number of fused-ring (bicyclic) bond motifs is 1. The highest BCUT2D eigenvalue weighted by Gasteiger charge is 2.30. The van der Waals surface area contributed by atoms with E-state index in [1.54, 1.807) is 12.1 Å². The van der Waals surface area contributed by atoms with E-state index < -0.39 is 12.2 Å². The number of carbonyl (C=O) groups excluding carboxylic acids is 1. The standard InChI is InChI=1S/C15H12F2N4O2/c16-13(17)14-19-12-7-9(6-10(22)8-3-4-8)18-15(21(12)20-14)11-2-1-5-23-11/h1-2,5,7-8,13H,3-4,6H2. The lowest BCUT2D eigenvalue weighted by Gasteiger charge is -2.04. The van der Waals surface area contributed by atoms with Crippen molar-refractivity contribution >= 4 is 11.4 Å². The van der Waals surface area contributed by atoms with E-state index in [0.717, 1.165) is 12.8 Å². The minimum atomic E-state index is -2.78. The molecule has 0 amide bonds. The van der Waals surface area contributed by atoms with Crippen LogP contribution < -0.4 is 0 Å². The monoisotopic (exact) mass is 318 g/mol. The first-order valence-corrected chi connectivity index (χ1v) is 7.23. The number of halogens is 2. The molecule has 0 unspecified atom stereocenters. The molecule has 3 aromatic heterocycles. The van der Waals surface area contributed by atoms with E-state index in [2.05, 4.69) is 15.1 Å². The Morgan fingerprint density at radius 2 is 2.22 bits per heavy atom. The van der Waals surface area contributed by atoms with Crippen molar-refractivity contribution in [1.82, 2.24) is 19.6 Å². The first-order chi connectivity index (χ1) is 11.1. The number of Topliss-reactive ketones (excluding diaryl/α,β-unsaturated/α-hetero) is 1. The van der Waals surface area contributed by atoms with Gasteiger partial charge in [0.1, 0.15) is 5.78 Å². The fourth-order valence-corrected chi connectivity index (χ4v) is 2.43. The van der Waals surface area contributed by atoms with E-state index in [4.69, 9.17) is 4.42 Å². The molecule has 23 heavy (non-hydrogen) atoms. The van der Waals surface area contributed by atoms with Gasteiger partial charge in [-0.25, -0.2) is 18.7 Å². The summed E-state index contributed by atoms with van der Waals surface area (Å²) in [6, 6.07) is 4.83. The molecule has 3 heterocycles. The van der Waals surface area contributed by atoms with E-state index in [1.165, 1.54) is 16.8 Å². The predicted octanol–water partition coefficient (Wildman–Crippen LogP) is 2.84. The molecule has 0 bridgehead atoms. The third kappa shape index (κ3) is 2.60. The van der Waals surface area contributed by atoms with Gasteiger partial charge in [0.25, 0.3) is 6.43 Å². The molecule has 1 fully saturated rings. The summed E-state index contributed by atoms with van der Waals surface area (Å²) in [6.45, 7) is 0. The van der Waals surface area contributed by atoms with Crippen LogP contribution in [0.5, 0.6) is 0 Å². The maximum atomic E-state index is 12.9. The molecule has 0 aromatic carbocycles.